The van der Waals surface area contributed by atoms with Gasteiger partial charge in [0.15, 0.2) is 5.96 Å². The highest BCUT2D eigenvalue weighted by Crippen LogP contribution is 2.26. The molecule has 2 aromatic rings. The van der Waals surface area contributed by atoms with E-state index in [4.69, 9.17) is 4.74 Å². The van der Waals surface area contributed by atoms with Gasteiger partial charge in [-0.05, 0) is 31.5 Å². The van der Waals surface area contributed by atoms with Gasteiger partial charge in [0, 0.05) is 36.0 Å². The summed E-state index contributed by atoms with van der Waals surface area (Å²) in [6, 6.07) is 4.69. The lowest BCUT2D eigenvalue weighted by molar-refractivity contribution is -0.0504. The Morgan fingerprint density at radius 1 is 1.34 bits per heavy atom. The third-order valence-corrected chi connectivity index (χ3v) is 5.54. The zero-order valence-corrected chi connectivity index (χ0v) is 20.2. The Hall–Kier alpha value is -1.34. The number of methoxy groups -OCH3 is 1. The molecule has 162 valence electrons. The molecule has 0 spiro atoms. The Bertz CT molecular complexity index is 737. The quantitative estimate of drug-likeness (QED) is 0.138. The Labute approximate surface area is 194 Å². The van der Waals surface area contributed by atoms with Crippen LogP contribution in [0.1, 0.15) is 18.9 Å². The number of benzene rings is 1. The summed E-state index contributed by atoms with van der Waals surface area (Å²) in [6.07, 6.45) is 2.74. The van der Waals surface area contributed by atoms with E-state index in [1.807, 2.05) is 12.3 Å². The van der Waals surface area contributed by atoms with Crippen molar-refractivity contribution < 1.29 is 18.3 Å². The van der Waals surface area contributed by atoms with E-state index < -0.39 is 6.61 Å². The number of thiazole rings is 1. The average molecular weight is 558 g/mol. The van der Waals surface area contributed by atoms with Gasteiger partial charge in [0.05, 0.1) is 13.7 Å². The van der Waals surface area contributed by atoms with E-state index in [0.29, 0.717) is 23.8 Å². The van der Waals surface area contributed by atoms with Crippen LogP contribution in [0.3, 0.4) is 0 Å². The van der Waals surface area contributed by atoms with Crippen molar-refractivity contribution in [3.63, 3.8) is 0 Å². The zero-order chi connectivity index (χ0) is 20.2. The Morgan fingerprint density at radius 3 is 2.83 bits per heavy atom. The number of aliphatic imine (C=N–C) groups is 1. The molecule has 2 N–H and O–H groups in total. The predicted molar refractivity (Wildman–Crippen MR) is 125 cm³/mol. The second-order valence-corrected chi connectivity index (χ2v) is 7.71. The Balaban J connectivity index is 0.00000420. The summed E-state index contributed by atoms with van der Waals surface area (Å²) >= 11 is 3.35. The summed E-state index contributed by atoms with van der Waals surface area (Å²) in [5.41, 5.74) is 0.524. The van der Waals surface area contributed by atoms with Gasteiger partial charge in [-0.3, -0.25) is 0 Å². The van der Waals surface area contributed by atoms with E-state index in [1.54, 1.807) is 41.4 Å². The van der Waals surface area contributed by atoms with Crippen molar-refractivity contribution in [3.05, 3.63) is 35.3 Å². The molecule has 0 bridgehead atoms. The molecule has 0 aliphatic heterocycles. The molecule has 1 aromatic heterocycles. The van der Waals surface area contributed by atoms with Crippen molar-refractivity contribution in [1.82, 2.24) is 15.6 Å². The molecule has 0 unspecified atom stereocenters. The average Bonchev–Trinajstić information content (AvgIpc) is 3.19. The van der Waals surface area contributed by atoms with Crippen molar-refractivity contribution in [2.75, 3.05) is 26.0 Å². The van der Waals surface area contributed by atoms with E-state index in [-0.39, 0.29) is 36.3 Å². The van der Waals surface area contributed by atoms with Crippen molar-refractivity contribution in [2.45, 2.75) is 30.8 Å². The van der Waals surface area contributed by atoms with Crippen LogP contribution < -0.4 is 20.1 Å². The standard InChI is InChI=1S/C18H24F2N4O2S2.HI/c1-3-21-17(22-7-4-9-27-18-23-8-10-28-18)24-12-13-11-14(25-2)5-6-15(13)26-16(19)20;/h5-6,8,10-11,16H,3-4,7,9,12H2,1-2H3,(H2,21,22,24);1H. The van der Waals surface area contributed by atoms with Crippen LogP contribution in [0.2, 0.25) is 0 Å². The number of guanidine groups is 1. The highest BCUT2D eigenvalue weighted by atomic mass is 127. The van der Waals surface area contributed by atoms with Gasteiger partial charge in [0.1, 0.15) is 15.8 Å². The Morgan fingerprint density at radius 2 is 2.17 bits per heavy atom. The van der Waals surface area contributed by atoms with Crippen molar-refractivity contribution >= 4 is 53.0 Å². The summed E-state index contributed by atoms with van der Waals surface area (Å²) in [5, 5.41) is 8.36. The van der Waals surface area contributed by atoms with Crippen LogP contribution in [0.4, 0.5) is 8.78 Å². The SMILES string of the molecule is CCNC(=NCc1cc(OC)ccc1OC(F)F)NCCCSc1nccs1.I. The number of nitrogens with zero attached hydrogens (tertiary/aromatic N) is 2. The van der Waals surface area contributed by atoms with Crippen LogP contribution in [0.5, 0.6) is 11.5 Å². The van der Waals surface area contributed by atoms with E-state index in [9.17, 15) is 8.78 Å². The topological polar surface area (TPSA) is 67.8 Å². The van der Waals surface area contributed by atoms with E-state index in [1.165, 1.54) is 13.2 Å². The number of nitrogens with one attached hydrogen (secondary N) is 2. The third-order valence-electron chi connectivity index (χ3n) is 3.48. The van der Waals surface area contributed by atoms with Gasteiger partial charge in [-0.1, -0.05) is 11.8 Å². The van der Waals surface area contributed by atoms with Crippen LogP contribution in [-0.4, -0.2) is 43.5 Å². The number of alkyl halides is 2. The minimum Gasteiger partial charge on any atom is -0.497 e. The van der Waals surface area contributed by atoms with Crippen molar-refractivity contribution in [3.8, 4) is 11.5 Å². The highest BCUT2D eigenvalue weighted by Gasteiger charge is 2.11. The molecule has 0 saturated heterocycles. The largest absolute Gasteiger partial charge is 0.497 e. The van der Waals surface area contributed by atoms with E-state index in [2.05, 4.69) is 25.3 Å². The van der Waals surface area contributed by atoms with Crippen LogP contribution in [0.25, 0.3) is 0 Å². The van der Waals surface area contributed by atoms with Gasteiger partial charge in [0.2, 0.25) is 0 Å². The second kappa shape index (κ2) is 14.6. The lowest BCUT2D eigenvalue weighted by Gasteiger charge is -2.13. The fourth-order valence-corrected chi connectivity index (χ4v) is 3.89. The minimum atomic E-state index is -2.89. The molecule has 0 saturated carbocycles. The maximum absolute atomic E-state index is 12.6. The van der Waals surface area contributed by atoms with Crippen LogP contribution >= 0.6 is 47.1 Å². The highest BCUT2D eigenvalue weighted by molar-refractivity contribution is 14.0. The molecule has 29 heavy (non-hydrogen) atoms. The molecule has 0 aliphatic carbocycles. The number of halogens is 3. The molecule has 2 rings (SSSR count). The normalized spacial score (nSPS) is 11.1. The summed E-state index contributed by atoms with van der Waals surface area (Å²) in [6.45, 7) is 0.688. The van der Waals surface area contributed by atoms with Crippen LogP contribution in [0, 0.1) is 0 Å². The van der Waals surface area contributed by atoms with Gasteiger partial charge < -0.3 is 20.1 Å². The molecule has 1 heterocycles. The molecule has 11 heteroatoms. The molecular formula is C18H25F2IN4O2S2. The fraction of sp³-hybridized carbons (Fsp3) is 0.444. The summed E-state index contributed by atoms with van der Waals surface area (Å²) in [7, 11) is 1.52. The zero-order valence-electron chi connectivity index (χ0n) is 16.2. The number of hydrogen-bond donors (Lipinski definition) is 2. The predicted octanol–water partition coefficient (Wildman–Crippen LogP) is 4.61. The third kappa shape index (κ3) is 9.81. The number of thioether (sulfide) groups is 1. The molecule has 0 fully saturated rings. The molecule has 0 amide bonds. The lowest BCUT2D eigenvalue weighted by Crippen LogP contribution is -2.37. The molecule has 0 atom stereocenters. The van der Waals surface area contributed by atoms with E-state index >= 15 is 0 Å². The lowest BCUT2D eigenvalue weighted by atomic mass is 10.2. The van der Waals surface area contributed by atoms with E-state index in [0.717, 1.165) is 23.1 Å². The first kappa shape index (κ1) is 25.7. The molecule has 1 aromatic carbocycles. The minimum absolute atomic E-state index is 0. The van der Waals surface area contributed by atoms with Gasteiger partial charge in [-0.15, -0.1) is 35.3 Å². The van der Waals surface area contributed by atoms with Gasteiger partial charge in [0.25, 0.3) is 0 Å². The molecular weight excluding hydrogens is 533 g/mol. The van der Waals surface area contributed by atoms with Crippen molar-refractivity contribution in [1.29, 1.82) is 0 Å². The summed E-state index contributed by atoms with van der Waals surface area (Å²) < 4.78 is 36.0. The van der Waals surface area contributed by atoms with Gasteiger partial charge in [-0.2, -0.15) is 8.78 Å². The number of rotatable bonds is 11. The maximum atomic E-state index is 12.6. The van der Waals surface area contributed by atoms with Gasteiger partial charge in [-0.25, -0.2) is 9.98 Å². The smallest absolute Gasteiger partial charge is 0.387 e. The number of ether oxygens (including phenoxy) is 2. The summed E-state index contributed by atoms with van der Waals surface area (Å²) in [5.74, 6) is 2.22. The van der Waals surface area contributed by atoms with Crippen LogP contribution in [-0.2, 0) is 6.54 Å². The summed E-state index contributed by atoms with van der Waals surface area (Å²) in [4.78, 5) is 8.71. The first-order valence-electron chi connectivity index (χ1n) is 8.78. The first-order valence-corrected chi connectivity index (χ1v) is 10.6. The maximum Gasteiger partial charge on any atom is 0.387 e. The fourth-order valence-electron chi connectivity index (χ4n) is 2.24. The first-order chi connectivity index (χ1) is 13.6. The second-order valence-electron chi connectivity index (χ2n) is 5.47. The van der Waals surface area contributed by atoms with Gasteiger partial charge >= 0.3 is 6.61 Å². The van der Waals surface area contributed by atoms with Crippen LogP contribution in [0.15, 0.2) is 39.1 Å². The monoisotopic (exact) mass is 558 g/mol. The molecule has 0 aliphatic rings. The number of hydrogen-bond acceptors (Lipinski definition) is 6. The Kier molecular flexibility index (Phi) is 12.9. The molecule has 0 radical (unpaired) electrons. The molecule has 6 nitrogen and oxygen atoms in total. The number of aromatic nitrogens is 1. The van der Waals surface area contributed by atoms with Crippen molar-refractivity contribution in [2.24, 2.45) is 4.99 Å².